The van der Waals surface area contributed by atoms with Crippen LogP contribution in [0.25, 0.3) is 0 Å². The smallest absolute Gasteiger partial charge is 0.220 e. The largest absolute Gasteiger partial charge is 0.353 e. The average molecular weight is 405 g/mol. The number of carbonyl (C=O) groups is 2. The molecule has 1 fully saturated rings. The number of fused-ring (bicyclic) bond motifs is 1. The number of ketones is 1. The summed E-state index contributed by atoms with van der Waals surface area (Å²) in [5.74, 6) is 0.0824. The Balaban J connectivity index is 1.18. The van der Waals surface area contributed by atoms with Gasteiger partial charge in [0.05, 0.1) is 0 Å². The molecule has 0 atom stereocenters. The van der Waals surface area contributed by atoms with Gasteiger partial charge in [-0.3, -0.25) is 14.5 Å². The van der Waals surface area contributed by atoms with Gasteiger partial charge in [0.2, 0.25) is 5.91 Å². The number of nitrogens with one attached hydrogen (secondary N) is 1. The van der Waals surface area contributed by atoms with Gasteiger partial charge < -0.3 is 5.32 Å². The number of benzene rings is 2. The summed E-state index contributed by atoms with van der Waals surface area (Å²) in [7, 11) is 0. The first-order valence-electron chi connectivity index (χ1n) is 11.4. The van der Waals surface area contributed by atoms with Crippen LogP contribution in [0.4, 0.5) is 0 Å². The van der Waals surface area contributed by atoms with Crippen LogP contribution in [0.3, 0.4) is 0 Å². The molecule has 0 saturated carbocycles. The van der Waals surface area contributed by atoms with Crippen LogP contribution in [0.5, 0.6) is 0 Å². The molecule has 2 aromatic rings. The van der Waals surface area contributed by atoms with E-state index in [-0.39, 0.29) is 30.6 Å². The predicted molar refractivity (Wildman–Crippen MR) is 120 cm³/mol. The van der Waals surface area contributed by atoms with Crippen molar-refractivity contribution in [3.63, 3.8) is 0 Å². The van der Waals surface area contributed by atoms with Crippen molar-refractivity contribution in [3.05, 3.63) is 70.8 Å². The Labute approximate surface area is 179 Å². The first kappa shape index (κ1) is 20.8. The Kier molecular flexibility index (Phi) is 6.96. The van der Waals surface area contributed by atoms with Crippen molar-refractivity contribution in [1.82, 2.24) is 10.2 Å². The van der Waals surface area contributed by atoms with E-state index in [1.165, 1.54) is 29.5 Å². The van der Waals surface area contributed by atoms with Crippen molar-refractivity contribution in [2.75, 3.05) is 13.1 Å². The summed E-state index contributed by atoms with van der Waals surface area (Å²) < 4.78 is 0. The second kappa shape index (κ2) is 10.0. The lowest BCUT2D eigenvalue weighted by molar-refractivity contribution is -0.122. The average Bonchev–Trinajstić information content (AvgIpc) is 2.79. The lowest BCUT2D eigenvalue weighted by Crippen LogP contribution is -2.44. The monoisotopic (exact) mass is 404 g/mol. The zero-order valence-corrected chi connectivity index (χ0v) is 17.7. The van der Waals surface area contributed by atoms with Crippen LogP contribution in [0, 0.1) is 0 Å². The molecule has 0 bridgehead atoms. The molecule has 2 aromatic carbocycles. The number of likely N-dealkylation sites (tertiary alicyclic amines) is 1. The van der Waals surface area contributed by atoms with E-state index in [0.717, 1.165) is 50.9 Å². The molecule has 2 aliphatic rings. The van der Waals surface area contributed by atoms with Crippen LogP contribution in [-0.2, 0) is 24.2 Å². The number of hydrogen-bond acceptors (Lipinski definition) is 3. The van der Waals surface area contributed by atoms with Crippen molar-refractivity contribution < 1.29 is 9.59 Å². The molecule has 1 amide bonds. The lowest BCUT2D eigenvalue weighted by atomic mass is 9.89. The summed E-state index contributed by atoms with van der Waals surface area (Å²) in [5, 5.41) is 3.14. The molecule has 0 aromatic heterocycles. The van der Waals surface area contributed by atoms with Gasteiger partial charge >= 0.3 is 0 Å². The van der Waals surface area contributed by atoms with Gasteiger partial charge in [-0.2, -0.15) is 0 Å². The highest BCUT2D eigenvalue weighted by atomic mass is 16.2. The van der Waals surface area contributed by atoms with Gasteiger partial charge in [0.15, 0.2) is 5.78 Å². The number of amides is 1. The van der Waals surface area contributed by atoms with Crippen molar-refractivity contribution in [2.24, 2.45) is 0 Å². The molecule has 1 N–H and O–H groups in total. The van der Waals surface area contributed by atoms with E-state index in [4.69, 9.17) is 0 Å². The first-order chi connectivity index (χ1) is 14.7. The van der Waals surface area contributed by atoms with Crippen molar-refractivity contribution in [2.45, 2.75) is 64.0 Å². The van der Waals surface area contributed by atoms with E-state index < -0.39 is 0 Å². The molecule has 0 radical (unpaired) electrons. The van der Waals surface area contributed by atoms with Crippen molar-refractivity contribution >= 4 is 11.7 Å². The lowest BCUT2D eigenvalue weighted by Gasteiger charge is -2.32. The van der Waals surface area contributed by atoms with E-state index >= 15 is 0 Å². The van der Waals surface area contributed by atoms with Crippen LogP contribution in [0.15, 0.2) is 48.5 Å². The zero-order valence-electron chi connectivity index (χ0n) is 17.7. The van der Waals surface area contributed by atoms with Gasteiger partial charge in [0.25, 0.3) is 0 Å². The first-order valence-corrected chi connectivity index (χ1v) is 11.4. The molecule has 0 spiro atoms. The summed E-state index contributed by atoms with van der Waals surface area (Å²) >= 11 is 0. The second-order valence-electron chi connectivity index (χ2n) is 8.72. The number of rotatable bonds is 7. The maximum absolute atomic E-state index is 12.6. The van der Waals surface area contributed by atoms with Gasteiger partial charge in [-0.25, -0.2) is 0 Å². The number of piperidine rings is 1. The molecule has 1 saturated heterocycles. The fraction of sp³-hybridized carbons (Fsp3) is 0.462. The van der Waals surface area contributed by atoms with E-state index in [1.807, 2.05) is 12.1 Å². The summed E-state index contributed by atoms with van der Waals surface area (Å²) in [6, 6.07) is 16.8. The molecule has 4 heteroatoms. The number of hydrogen-bond donors (Lipinski definition) is 1. The highest BCUT2D eigenvalue weighted by molar-refractivity contribution is 5.98. The minimum absolute atomic E-state index is 0.00261. The Morgan fingerprint density at radius 3 is 2.40 bits per heavy atom. The maximum atomic E-state index is 12.6. The Morgan fingerprint density at radius 2 is 1.63 bits per heavy atom. The van der Waals surface area contributed by atoms with Gasteiger partial charge in [-0.05, 0) is 61.3 Å². The van der Waals surface area contributed by atoms with Crippen LogP contribution in [0.1, 0.15) is 65.6 Å². The molecule has 158 valence electrons. The van der Waals surface area contributed by atoms with Crippen LogP contribution >= 0.6 is 0 Å². The fourth-order valence-corrected chi connectivity index (χ4v) is 4.66. The third-order valence-corrected chi connectivity index (χ3v) is 6.45. The number of aryl methyl sites for hydroxylation is 2. The van der Waals surface area contributed by atoms with Crippen LogP contribution in [0.2, 0.25) is 0 Å². The van der Waals surface area contributed by atoms with E-state index in [1.54, 1.807) is 0 Å². The topological polar surface area (TPSA) is 49.4 Å². The second-order valence-corrected chi connectivity index (χ2v) is 8.72. The van der Waals surface area contributed by atoms with Crippen molar-refractivity contribution in [1.29, 1.82) is 0 Å². The molecular weight excluding hydrogens is 372 g/mol. The summed E-state index contributed by atoms with van der Waals surface area (Å²) in [5.41, 5.74) is 4.80. The normalized spacial score (nSPS) is 17.3. The molecule has 4 rings (SSSR count). The number of Topliss-reactive ketones (excluding diaryl/α,β-unsaturated/α-hetero) is 1. The molecule has 1 heterocycles. The predicted octanol–water partition coefficient (Wildman–Crippen LogP) is 4.31. The Hall–Kier alpha value is -2.46. The maximum Gasteiger partial charge on any atom is 0.220 e. The van der Waals surface area contributed by atoms with Gasteiger partial charge in [0.1, 0.15) is 0 Å². The quantitative estimate of drug-likeness (QED) is 0.700. The van der Waals surface area contributed by atoms with Gasteiger partial charge in [-0.1, -0.05) is 42.5 Å². The van der Waals surface area contributed by atoms with E-state index in [9.17, 15) is 9.59 Å². The molecule has 30 heavy (non-hydrogen) atoms. The fourth-order valence-electron chi connectivity index (χ4n) is 4.66. The third-order valence-electron chi connectivity index (χ3n) is 6.45. The minimum atomic E-state index is 0.00261. The van der Waals surface area contributed by atoms with E-state index in [0.29, 0.717) is 0 Å². The van der Waals surface area contributed by atoms with Gasteiger partial charge in [-0.15, -0.1) is 0 Å². The van der Waals surface area contributed by atoms with Gasteiger partial charge in [0, 0.05) is 44.1 Å². The summed E-state index contributed by atoms with van der Waals surface area (Å²) in [4.78, 5) is 27.4. The molecule has 1 aliphatic heterocycles. The highest BCUT2D eigenvalue weighted by Gasteiger charge is 2.21. The van der Waals surface area contributed by atoms with Crippen LogP contribution < -0.4 is 5.32 Å². The minimum Gasteiger partial charge on any atom is -0.353 e. The van der Waals surface area contributed by atoms with E-state index in [2.05, 4.69) is 46.6 Å². The molecule has 4 nitrogen and oxygen atoms in total. The summed E-state index contributed by atoms with van der Waals surface area (Å²) in [6.07, 6.45) is 7.14. The highest BCUT2D eigenvalue weighted by Crippen LogP contribution is 2.23. The Bertz CT molecular complexity index is 870. The summed E-state index contributed by atoms with van der Waals surface area (Å²) in [6.45, 7) is 2.96. The molecular formula is C26H32N2O2. The number of nitrogens with zero attached hydrogens (tertiary/aromatic N) is 1. The third kappa shape index (κ3) is 5.57. The molecule has 0 unspecified atom stereocenters. The number of carbonyl (C=O) groups excluding carboxylic acids is 2. The SMILES string of the molecule is O=C(CCC(=O)c1ccc2c(c1)CCCC2)NC1CCN(Cc2ccccc2)CC1. The standard InChI is InChI=1S/C26H32N2O2/c29-25(23-11-10-21-8-4-5-9-22(21)18-23)12-13-26(30)27-24-14-16-28(17-15-24)19-20-6-2-1-3-7-20/h1-3,6-7,10-11,18,24H,4-5,8-9,12-17,19H2,(H,27,30). The zero-order chi connectivity index (χ0) is 20.8. The van der Waals surface area contributed by atoms with Crippen molar-refractivity contribution in [3.8, 4) is 0 Å². The Morgan fingerprint density at radius 1 is 0.900 bits per heavy atom. The van der Waals surface area contributed by atoms with Crippen LogP contribution in [-0.4, -0.2) is 35.7 Å². The molecule has 1 aliphatic carbocycles.